The molecule has 1 fully saturated rings. The Labute approximate surface area is 120 Å². The lowest BCUT2D eigenvalue weighted by molar-refractivity contribution is 0.0663. The van der Waals surface area contributed by atoms with Crippen molar-refractivity contribution >= 4 is 10.9 Å². The van der Waals surface area contributed by atoms with Gasteiger partial charge in [-0.2, -0.15) is 0 Å². The molecule has 0 radical (unpaired) electrons. The molecule has 0 bridgehead atoms. The van der Waals surface area contributed by atoms with E-state index < -0.39 is 0 Å². The molecule has 3 heteroatoms. The summed E-state index contributed by atoms with van der Waals surface area (Å²) in [7, 11) is 0. The second-order valence-corrected chi connectivity index (χ2v) is 5.68. The Morgan fingerprint density at radius 2 is 2.00 bits per heavy atom. The number of ether oxygens (including phenoxy) is 1. The number of hydrogen-bond donors (Lipinski definition) is 1. The van der Waals surface area contributed by atoms with Crippen LogP contribution in [0.15, 0.2) is 36.5 Å². The summed E-state index contributed by atoms with van der Waals surface area (Å²) >= 11 is 0. The van der Waals surface area contributed by atoms with Crippen molar-refractivity contribution in [3.8, 4) is 0 Å². The molecule has 1 aromatic carbocycles. The van der Waals surface area contributed by atoms with Crippen LogP contribution in [0.25, 0.3) is 10.9 Å². The molecule has 0 saturated carbocycles. The summed E-state index contributed by atoms with van der Waals surface area (Å²) in [6, 6.07) is 10.8. The molecule has 0 atom stereocenters. The van der Waals surface area contributed by atoms with E-state index in [4.69, 9.17) is 4.74 Å². The molecule has 3 rings (SSSR count). The first kappa shape index (κ1) is 13.7. The van der Waals surface area contributed by atoms with Crippen LogP contribution in [-0.2, 0) is 11.3 Å². The summed E-state index contributed by atoms with van der Waals surface area (Å²) in [4.78, 5) is 0. The van der Waals surface area contributed by atoms with Crippen LogP contribution in [0.1, 0.15) is 19.3 Å². The molecule has 1 N–H and O–H groups in total. The van der Waals surface area contributed by atoms with E-state index in [9.17, 15) is 0 Å². The Balaban J connectivity index is 1.39. The van der Waals surface area contributed by atoms with Gasteiger partial charge in [0, 0.05) is 31.5 Å². The van der Waals surface area contributed by atoms with Crippen molar-refractivity contribution in [1.29, 1.82) is 0 Å². The van der Waals surface area contributed by atoms with Gasteiger partial charge >= 0.3 is 0 Å². The molecule has 2 aromatic rings. The molecular weight excluding hydrogens is 248 g/mol. The minimum atomic E-state index is 0.816. The van der Waals surface area contributed by atoms with Crippen molar-refractivity contribution in [2.24, 2.45) is 5.92 Å². The molecule has 0 spiro atoms. The topological polar surface area (TPSA) is 26.2 Å². The van der Waals surface area contributed by atoms with Crippen LogP contribution in [-0.4, -0.2) is 30.9 Å². The first-order valence-electron chi connectivity index (χ1n) is 7.76. The number of nitrogens with zero attached hydrogens (tertiary/aromatic N) is 1. The molecule has 1 aliphatic rings. The summed E-state index contributed by atoms with van der Waals surface area (Å²) in [5.41, 5.74) is 1.34. The number of nitrogens with one attached hydrogen (secondary N) is 1. The number of para-hydroxylation sites is 1. The molecule has 1 saturated heterocycles. The second kappa shape index (κ2) is 6.91. The lowest BCUT2D eigenvalue weighted by Gasteiger charge is -2.22. The third-order valence-corrected chi connectivity index (χ3v) is 4.21. The average Bonchev–Trinajstić information content (AvgIpc) is 2.91. The smallest absolute Gasteiger partial charge is 0.0480 e. The SMILES string of the molecule is c1ccc2c(c1)ccn2CCCNCC1CCOCC1. The molecule has 1 aromatic heterocycles. The van der Waals surface area contributed by atoms with E-state index in [1.165, 1.54) is 30.2 Å². The van der Waals surface area contributed by atoms with Crippen molar-refractivity contribution in [1.82, 2.24) is 9.88 Å². The van der Waals surface area contributed by atoms with E-state index in [1.807, 2.05) is 0 Å². The fraction of sp³-hybridized carbons (Fsp3) is 0.529. The molecule has 108 valence electrons. The molecule has 2 heterocycles. The lowest BCUT2D eigenvalue weighted by Crippen LogP contribution is -2.28. The normalized spacial score (nSPS) is 16.8. The lowest BCUT2D eigenvalue weighted by atomic mass is 10.0. The summed E-state index contributed by atoms with van der Waals surface area (Å²) in [5, 5.41) is 4.93. The number of aromatic nitrogens is 1. The van der Waals surface area contributed by atoms with Crippen LogP contribution < -0.4 is 5.32 Å². The zero-order valence-electron chi connectivity index (χ0n) is 12.1. The summed E-state index contributed by atoms with van der Waals surface area (Å²) in [5.74, 6) is 0.816. The maximum Gasteiger partial charge on any atom is 0.0480 e. The molecule has 0 amide bonds. The van der Waals surface area contributed by atoms with E-state index in [0.717, 1.165) is 38.8 Å². The van der Waals surface area contributed by atoms with Crippen molar-refractivity contribution in [3.63, 3.8) is 0 Å². The van der Waals surface area contributed by atoms with Crippen molar-refractivity contribution < 1.29 is 4.74 Å². The molecule has 20 heavy (non-hydrogen) atoms. The molecule has 0 unspecified atom stereocenters. The zero-order chi connectivity index (χ0) is 13.6. The first-order chi connectivity index (χ1) is 9.93. The van der Waals surface area contributed by atoms with Crippen molar-refractivity contribution in [2.45, 2.75) is 25.8 Å². The van der Waals surface area contributed by atoms with Crippen LogP contribution in [0.3, 0.4) is 0 Å². The summed E-state index contributed by atoms with van der Waals surface area (Å²) in [6.45, 7) is 5.23. The fourth-order valence-electron chi connectivity index (χ4n) is 2.97. The highest BCUT2D eigenvalue weighted by Crippen LogP contribution is 2.15. The van der Waals surface area contributed by atoms with E-state index in [-0.39, 0.29) is 0 Å². The van der Waals surface area contributed by atoms with Crippen LogP contribution in [0.5, 0.6) is 0 Å². The van der Waals surface area contributed by atoms with Crippen LogP contribution in [0.2, 0.25) is 0 Å². The number of hydrogen-bond acceptors (Lipinski definition) is 2. The minimum absolute atomic E-state index is 0.816. The van der Waals surface area contributed by atoms with E-state index in [2.05, 4.69) is 46.4 Å². The number of aryl methyl sites for hydroxylation is 1. The van der Waals surface area contributed by atoms with Crippen LogP contribution in [0, 0.1) is 5.92 Å². The van der Waals surface area contributed by atoms with Crippen molar-refractivity contribution in [3.05, 3.63) is 36.5 Å². The predicted molar refractivity (Wildman–Crippen MR) is 83.0 cm³/mol. The fourth-order valence-corrected chi connectivity index (χ4v) is 2.97. The van der Waals surface area contributed by atoms with Gasteiger partial charge in [-0.15, -0.1) is 0 Å². The maximum absolute atomic E-state index is 5.39. The Morgan fingerprint density at radius 3 is 2.90 bits per heavy atom. The van der Waals surface area contributed by atoms with Gasteiger partial charge in [0.15, 0.2) is 0 Å². The maximum atomic E-state index is 5.39. The van der Waals surface area contributed by atoms with Gasteiger partial charge in [0.1, 0.15) is 0 Å². The number of benzene rings is 1. The van der Waals surface area contributed by atoms with E-state index in [0.29, 0.717) is 0 Å². The van der Waals surface area contributed by atoms with Gasteiger partial charge in [-0.25, -0.2) is 0 Å². The van der Waals surface area contributed by atoms with Crippen molar-refractivity contribution in [2.75, 3.05) is 26.3 Å². The predicted octanol–water partition coefficient (Wildman–Crippen LogP) is 3.05. The van der Waals surface area contributed by atoms with E-state index in [1.54, 1.807) is 0 Å². The van der Waals surface area contributed by atoms with Crippen LogP contribution >= 0.6 is 0 Å². The quantitative estimate of drug-likeness (QED) is 0.818. The first-order valence-corrected chi connectivity index (χ1v) is 7.76. The van der Waals surface area contributed by atoms with Gasteiger partial charge in [-0.1, -0.05) is 18.2 Å². The number of fused-ring (bicyclic) bond motifs is 1. The van der Waals surface area contributed by atoms with Crippen LogP contribution in [0.4, 0.5) is 0 Å². The summed E-state index contributed by atoms with van der Waals surface area (Å²) in [6.07, 6.45) is 5.81. The highest BCUT2D eigenvalue weighted by Gasteiger charge is 2.12. The average molecular weight is 272 g/mol. The van der Waals surface area contributed by atoms with Gasteiger partial charge in [-0.05, 0) is 55.8 Å². The third-order valence-electron chi connectivity index (χ3n) is 4.21. The standard InChI is InChI=1S/C17H24N2O/c1-2-5-17-16(4-1)6-11-19(17)10-3-9-18-14-15-7-12-20-13-8-15/h1-2,4-6,11,15,18H,3,7-10,12-14H2. The third kappa shape index (κ3) is 3.41. The van der Waals surface area contributed by atoms with Gasteiger partial charge < -0.3 is 14.6 Å². The molecule has 0 aliphatic carbocycles. The zero-order valence-corrected chi connectivity index (χ0v) is 12.1. The number of rotatable bonds is 6. The minimum Gasteiger partial charge on any atom is -0.381 e. The van der Waals surface area contributed by atoms with E-state index >= 15 is 0 Å². The Kier molecular flexibility index (Phi) is 4.72. The van der Waals surface area contributed by atoms with Gasteiger partial charge in [-0.3, -0.25) is 0 Å². The highest BCUT2D eigenvalue weighted by atomic mass is 16.5. The molecule has 1 aliphatic heterocycles. The highest BCUT2D eigenvalue weighted by molar-refractivity contribution is 5.79. The monoisotopic (exact) mass is 272 g/mol. The molecule has 3 nitrogen and oxygen atoms in total. The Bertz CT molecular complexity index is 529. The second-order valence-electron chi connectivity index (χ2n) is 5.68. The van der Waals surface area contributed by atoms with Gasteiger partial charge in [0.2, 0.25) is 0 Å². The van der Waals surface area contributed by atoms with Gasteiger partial charge in [0.05, 0.1) is 0 Å². The summed E-state index contributed by atoms with van der Waals surface area (Å²) < 4.78 is 7.74. The molecular formula is C17H24N2O. The Hall–Kier alpha value is -1.32. The Morgan fingerprint density at radius 1 is 1.15 bits per heavy atom. The largest absolute Gasteiger partial charge is 0.381 e. The van der Waals surface area contributed by atoms with Gasteiger partial charge in [0.25, 0.3) is 0 Å².